The van der Waals surface area contributed by atoms with E-state index in [0.29, 0.717) is 6.54 Å². The summed E-state index contributed by atoms with van der Waals surface area (Å²) in [5.41, 5.74) is -0.242. The molecule has 0 aliphatic carbocycles. The monoisotopic (exact) mass is 275 g/mol. The number of rotatable bonds is 6. The van der Waals surface area contributed by atoms with Gasteiger partial charge in [0.25, 0.3) is 0 Å². The van der Waals surface area contributed by atoms with Gasteiger partial charge in [0.15, 0.2) is 0 Å². The minimum absolute atomic E-state index is 0.232. The van der Waals surface area contributed by atoms with E-state index in [1.807, 2.05) is 0 Å². The Balaban J connectivity index is 2.74. The van der Waals surface area contributed by atoms with Gasteiger partial charge in [0, 0.05) is 12.7 Å². The summed E-state index contributed by atoms with van der Waals surface area (Å²) in [6, 6.07) is 0.975. The molecule has 0 saturated heterocycles. The van der Waals surface area contributed by atoms with Crippen molar-refractivity contribution in [3.8, 4) is 0 Å². The molecule has 0 fully saturated rings. The van der Waals surface area contributed by atoms with Crippen molar-refractivity contribution < 1.29 is 23.1 Å². The number of carboxylic acids is 1. The number of likely N-dealkylation sites (N-methyl/N-ethyl adjacent to an activating group) is 1. The molecule has 0 saturated carbocycles. The van der Waals surface area contributed by atoms with Gasteiger partial charge >= 0.3 is 5.97 Å². The molecule has 1 aromatic rings. The van der Waals surface area contributed by atoms with Gasteiger partial charge in [-0.2, -0.15) is 0 Å². The molecule has 4 N–H and O–H groups in total. The molecule has 0 aromatic carbocycles. The van der Waals surface area contributed by atoms with Gasteiger partial charge in [-0.1, -0.05) is 0 Å². The van der Waals surface area contributed by atoms with Gasteiger partial charge in [0.1, 0.15) is 10.6 Å². The summed E-state index contributed by atoms with van der Waals surface area (Å²) in [5, 5.41) is 11.1. The molecule has 1 rings (SSSR count). The summed E-state index contributed by atoms with van der Waals surface area (Å²) in [6.45, 7) is 1.70. The van der Waals surface area contributed by atoms with Crippen molar-refractivity contribution in [1.29, 1.82) is 0 Å². The fraction of sp³-hybridized carbons (Fsp3) is 0.333. The Bertz CT molecular complexity index is 548. The number of hydrogen-bond donors (Lipinski definition) is 4. The Morgan fingerprint density at radius 1 is 1.44 bits per heavy atom. The molecule has 8 nitrogen and oxygen atoms in total. The number of aromatic nitrogens is 1. The third kappa shape index (κ3) is 3.57. The Morgan fingerprint density at radius 3 is 2.61 bits per heavy atom. The average molecular weight is 275 g/mol. The second-order valence-electron chi connectivity index (χ2n) is 3.33. The van der Waals surface area contributed by atoms with Crippen molar-refractivity contribution in [3.05, 3.63) is 18.0 Å². The van der Waals surface area contributed by atoms with Crippen molar-refractivity contribution >= 4 is 21.9 Å². The summed E-state index contributed by atoms with van der Waals surface area (Å²) >= 11 is 0. The summed E-state index contributed by atoms with van der Waals surface area (Å²) in [6.07, 6.45) is 1.05. The first kappa shape index (κ1) is 14.2. The van der Waals surface area contributed by atoms with Crippen LogP contribution in [0.15, 0.2) is 17.2 Å². The molecule has 18 heavy (non-hydrogen) atoms. The highest BCUT2D eigenvalue weighted by atomic mass is 32.2. The number of H-pyrrole nitrogens is 1. The first-order chi connectivity index (χ1) is 8.36. The lowest BCUT2D eigenvalue weighted by Gasteiger charge is -2.04. The van der Waals surface area contributed by atoms with E-state index in [-0.39, 0.29) is 10.6 Å². The van der Waals surface area contributed by atoms with Gasteiger partial charge in [-0.3, -0.25) is 4.79 Å². The lowest BCUT2D eigenvalue weighted by atomic mass is 10.4. The van der Waals surface area contributed by atoms with Crippen LogP contribution in [-0.4, -0.2) is 43.5 Å². The molecule has 0 aliphatic rings. The maximum Gasteiger partial charge on any atom is 0.352 e. The molecule has 0 atom stereocenters. The molecule has 1 amide bonds. The van der Waals surface area contributed by atoms with Crippen LogP contribution in [-0.2, 0) is 14.8 Å². The number of carboxylic acid groups (broad SMARTS) is 1. The first-order valence-corrected chi connectivity index (χ1v) is 6.53. The molecular weight excluding hydrogens is 262 g/mol. The summed E-state index contributed by atoms with van der Waals surface area (Å²) in [7, 11) is -3.89. The lowest BCUT2D eigenvalue weighted by Crippen LogP contribution is -2.36. The van der Waals surface area contributed by atoms with Crippen LogP contribution in [0.3, 0.4) is 0 Å². The smallest absolute Gasteiger partial charge is 0.352 e. The van der Waals surface area contributed by atoms with Crippen LogP contribution >= 0.6 is 0 Å². The largest absolute Gasteiger partial charge is 0.477 e. The van der Waals surface area contributed by atoms with Crippen LogP contribution in [0.25, 0.3) is 0 Å². The van der Waals surface area contributed by atoms with Crippen LogP contribution in [0.1, 0.15) is 17.4 Å². The number of aromatic carboxylic acids is 1. The molecule has 0 aliphatic heterocycles. The standard InChI is InChI=1S/C9H13N3O5S/c1-2-10-8(13)5-12-18(16,17)6-3-7(9(14)15)11-4-6/h3-4,11-12H,2,5H2,1H3,(H,10,13)(H,14,15). The number of hydrogen-bond acceptors (Lipinski definition) is 4. The molecule has 0 spiro atoms. The van der Waals surface area contributed by atoms with Crippen LogP contribution in [0.4, 0.5) is 0 Å². The van der Waals surface area contributed by atoms with Gasteiger partial charge in [-0.25, -0.2) is 17.9 Å². The van der Waals surface area contributed by atoms with Crippen LogP contribution < -0.4 is 10.0 Å². The number of nitrogens with one attached hydrogen (secondary N) is 3. The topological polar surface area (TPSA) is 128 Å². The number of aromatic amines is 1. The van der Waals surface area contributed by atoms with Crippen LogP contribution in [0, 0.1) is 0 Å². The van der Waals surface area contributed by atoms with E-state index in [2.05, 4.69) is 15.0 Å². The number of carbonyl (C=O) groups is 2. The average Bonchev–Trinajstić information content (AvgIpc) is 2.77. The minimum Gasteiger partial charge on any atom is -0.477 e. The van der Waals surface area contributed by atoms with Gasteiger partial charge in [0.05, 0.1) is 6.54 Å². The highest BCUT2D eigenvalue weighted by Crippen LogP contribution is 2.10. The van der Waals surface area contributed by atoms with Crippen molar-refractivity contribution in [2.75, 3.05) is 13.1 Å². The highest BCUT2D eigenvalue weighted by Gasteiger charge is 2.18. The van der Waals surface area contributed by atoms with Crippen molar-refractivity contribution in [2.45, 2.75) is 11.8 Å². The molecular formula is C9H13N3O5S. The summed E-state index contributed by atoms with van der Waals surface area (Å²) in [5.74, 6) is -1.73. The Morgan fingerprint density at radius 2 is 2.11 bits per heavy atom. The van der Waals surface area contributed by atoms with Gasteiger partial charge < -0.3 is 15.4 Å². The second-order valence-corrected chi connectivity index (χ2v) is 5.10. The Labute approximate surface area is 103 Å². The number of carbonyl (C=O) groups excluding carboxylic acids is 1. The third-order valence-electron chi connectivity index (χ3n) is 1.99. The third-order valence-corrected chi connectivity index (χ3v) is 3.37. The Kier molecular flexibility index (Phi) is 4.45. The maximum absolute atomic E-state index is 11.7. The maximum atomic E-state index is 11.7. The summed E-state index contributed by atoms with van der Waals surface area (Å²) in [4.78, 5) is 23.7. The molecule has 0 radical (unpaired) electrons. The predicted octanol–water partition coefficient (Wildman–Crippen LogP) is -0.873. The first-order valence-electron chi connectivity index (χ1n) is 5.05. The number of amides is 1. The predicted molar refractivity (Wildman–Crippen MR) is 61.6 cm³/mol. The zero-order chi connectivity index (χ0) is 13.8. The Hall–Kier alpha value is -1.87. The molecule has 0 bridgehead atoms. The fourth-order valence-electron chi connectivity index (χ4n) is 1.16. The van der Waals surface area contributed by atoms with E-state index in [4.69, 9.17) is 5.11 Å². The summed E-state index contributed by atoms with van der Waals surface area (Å²) < 4.78 is 25.4. The zero-order valence-electron chi connectivity index (χ0n) is 9.56. The van der Waals surface area contributed by atoms with E-state index in [1.54, 1.807) is 6.92 Å². The lowest BCUT2D eigenvalue weighted by molar-refractivity contribution is -0.119. The van der Waals surface area contributed by atoms with E-state index >= 15 is 0 Å². The van der Waals surface area contributed by atoms with Gasteiger partial charge in [-0.05, 0) is 13.0 Å². The highest BCUT2D eigenvalue weighted by molar-refractivity contribution is 7.89. The fourth-order valence-corrected chi connectivity index (χ4v) is 2.13. The van der Waals surface area contributed by atoms with Gasteiger partial charge in [0.2, 0.25) is 15.9 Å². The van der Waals surface area contributed by atoms with Crippen LogP contribution in [0.5, 0.6) is 0 Å². The van der Waals surface area contributed by atoms with Crippen molar-refractivity contribution in [3.63, 3.8) is 0 Å². The molecule has 1 aromatic heterocycles. The SMILES string of the molecule is CCNC(=O)CNS(=O)(=O)c1c[nH]c(C(=O)O)c1. The van der Waals surface area contributed by atoms with E-state index in [9.17, 15) is 18.0 Å². The molecule has 1 heterocycles. The quantitative estimate of drug-likeness (QED) is 0.536. The normalized spacial score (nSPS) is 11.2. The molecule has 9 heteroatoms. The van der Waals surface area contributed by atoms with Crippen LogP contribution in [0.2, 0.25) is 0 Å². The van der Waals surface area contributed by atoms with Crippen molar-refractivity contribution in [2.24, 2.45) is 0 Å². The van der Waals surface area contributed by atoms with E-state index < -0.39 is 28.4 Å². The number of sulfonamides is 1. The molecule has 0 unspecified atom stereocenters. The molecule has 100 valence electrons. The van der Waals surface area contributed by atoms with E-state index in [0.717, 1.165) is 12.3 Å². The van der Waals surface area contributed by atoms with E-state index in [1.165, 1.54) is 0 Å². The zero-order valence-corrected chi connectivity index (χ0v) is 10.4. The second kappa shape index (κ2) is 5.65. The minimum atomic E-state index is -3.89. The van der Waals surface area contributed by atoms with Gasteiger partial charge in [-0.15, -0.1) is 0 Å². The van der Waals surface area contributed by atoms with Crippen molar-refractivity contribution in [1.82, 2.24) is 15.0 Å².